The van der Waals surface area contributed by atoms with Crippen molar-refractivity contribution < 1.29 is 9.68 Å². The van der Waals surface area contributed by atoms with Gasteiger partial charge in [0.25, 0.3) is 0 Å². The number of hydrogen-bond donors (Lipinski definition) is 1. The fourth-order valence-corrected chi connectivity index (χ4v) is 1.84. The standard InChI is InChI=1S/C12H27BO2/c1-3-5-7-9-11-12(15-13-14)10-8-6-4-2/h12-14H,3-11H2,1-2H3. The Hall–Kier alpha value is -0.0151. The van der Waals surface area contributed by atoms with Crippen LogP contribution in [-0.4, -0.2) is 18.8 Å². The van der Waals surface area contributed by atoms with Gasteiger partial charge in [0.05, 0.1) is 0 Å². The van der Waals surface area contributed by atoms with Crippen LogP contribution in [0.4, 0.5) is 0 Å². The summed E-state index contributed by atoms with van der Waals surface area (Å²) < 4.78 is 5.32. The predicted octanol–water partition coefficient (Wildman–Crippen LogP) is 3.18. The molecule has 0 radical (unpaired) electrons. The van der Waals surface area contributed by atoms with Crippen LogP contribution in [0.5, 0.6) is 0 Å². The molecule has 0 aliphatic carbocycles. The van der Waals surface area contributed by atoms with Crippen molar-refractivity contribution in [3.63, 3.8) is 0 Å². The highest BCUT2D eigenvalue weighted by Gasteiger charge is 2.07. The zero-order chi connectivity index (χ0) is 11.4. The molecule has 0 aromatic carbocycles. The minimum absolute atomic E-state index is 0.120. The van der Waals surface area contributed by atoms with Gasteiger partial charge >= 0.3 is 7.69 Å². The molecular weight excluding hydrogens is 187 g/mol. The van der Waals surface area contributed by atoms with Gasteiger partial charge in [-0.15, -0.1) is 0 Å². The molecule has 3 heteroatoms. The summed E-state index contributed by atoms with van der Waals surface area (Å²) in [6.07, 6.45) is 11.4. The molecule has 0 spiro atoms. The summed E-state index contributed by atoms with van der Waals surface area (Å²) in [6, 6.07) is 0. The Bertz CT molecular complexity index is 120. The van der Waals surface area contributed by atoms with Crippen molar-refractivity contribution in [2.24, 2.45) is 0 Å². The van der Waals surface area contributed by atoms with E-state index in [0.717, 1.165) is 12.8 Å². The molecule has 0 aliphatic heterocycles. The van der Waals surface area contributed by atoms with Crippen LogP contribution in [0.2, 0.25) is 0 Å². The Labute approximate surface area is 95.7 Å². The van der Waals surface area contributed by atoms with Crippen LogP contribution in [0.25, 0.3) is 0 Å². The molecule has 0 fully saturated rings. The summed E-state index contributed by atoms with van der Waals surface area (Å²) in [5, 5.41) is 8.77. The molecule has 0 rings (SSSR count). The number of unbranched alkanes of at least 4 members (excludes halogenated alkanes) is 5. The van der Waals surface area contributed by atoms with Gasteiger partial charge in [0, 0.05) is 6.10 Å². The van der Waals surface area contributed by atoms with E-state index in [4.69, 9.17) is 9.68 Å². The van der Waals surface area contributed by atoms with Crippen LogP contribution < -0.4 is 0 Å². The molecule has 90 valence electrons. The van der Waals surface area contributed by atoms with E-state index in [0.29, 0.717) is 6.10 Å². The van der Waals surface area contributed by atoms with Crippen molar-refractivity contribution in [2.75, 3.05) is 0 Å². The second-order valence-electron chi connectivity index (χ2n) is 4.26. The Balaban J connectivity index is 3.44. The van der Waals surface area contributed by atoms with E-state index >= 15 is 0 Å². The molecule has 0 aromatic rings. The predicted molar refractivity (Wildman–Crippen MR) is 67.1 cm³/mol. The molecule has 1 N–H and O–H groups in total. The van der Waals surface area contributed by atoms with Gasteiger partial charge in [-0.25, -0.2) is 0 Å². The topological polar surface area (TPSA) is 29.5 Å². The molecular formula is C12H27BO2. The smallest absolute Gasteiger partial charge is 0.430 e. The second kappa shape index (κ2) is 12.1. The van der Waals surface area contributed by atoms with Crippen molar-refractivity contribution >= 4 is 7.69 Å². The summed E-state index contributed by atoms with van der Waals surface area (Å²) in [7, 11) is -0.120. The van der Waals surface area contributed by atoms with Gasteiger partial charge in [-0.2, -0.15) is 0 Å². The summed E-state index contributed by atoms with van der Waals surface area (Å²) in [4.78, 5) is 0. The summed E-state index contributed by atoms with van der Waals surface area (Å²) in [5.74, 6) is 0. The number of hydrogen-bond acceptors (Lipinski definition) is 2. The lowest BCUT2D eigenvalue weighted by Crippen LogP contribution is -2.15. The Kier molecular flexibility index (Phi) is 12.0. The lowest BCUT2D eigenvalue weighted by Gasteiger charge is -2.16. The highest BCUT2D eigenvalue weighted by molar-refractivity contribution is 6.15. The quantitative estimate of drug-likeness (QED) is 0.422. The van der Waals surface area contributed by atoms with Crippen molar-refractivity contribution in [3.05, 3.63) is 0 Å². The first-order valence-corrected chi connectivity index (χ1v) is 6.57. The van der Waals surface area contributed by atoms with E-state index in [2.05, 4.69) is 13.8 Å². The van der Waals surface area contributed by atoms with Gasteiger partial charge in [0.2, 0.25) is 0 Å². The zero-order valence-corrected chi connectivity index (χ0v) is 10.5. The third kappa shape index (κ3) is 10.3. The molecule has 0 bridgehead atoms. The summed E-state index contributed by atoms with van der Waals surface area (Å²) in [5.41, 5.74) is 0. The van der Waals surface area contributed by atoms with Crippen molar-refractivity contribution in [2.45, 2.75) is 77.7 Å². The van der Waals surface area contributed by atoms with Gasteiger partial charge in [-0.3, -0.25) is 0 Å². The van der Waals surface area contributed by atoms with Gasteiger partial charge < -0.3 is 9.68 Å². The van der Waals surface area contributed by atoms with E-state index in [9.17, 15) is 0 Å². The molecule has 15 heavy (non-hydrogen) atoms. The SMILES string of the molecule is CCCCCCC(CCCCC)OBO. The second-order valence-corrected chi connectivity index (χ2v) is 4.26. The third-order valence-corrected chi connectivity index (χ3v) is 2.82. The van der Waals surface area contributed by atoms with E-state index in [1.165, 1.54) is 44.9 Å². The Morgan fingerprint density at radius 1 is 0.933 bits per heavy atom. The number of rotatable bonds is 11. The van der Waals surface area contributed by atoms with Gasteiger partial charge in [-0.05, 0) is 12.8 Å². The maximum Gasteiger partial charge on any atom is 0.435 e. The highest BCUT2D eigenvalue weighted by atomic mass is 16.5. The molecule has 0 heterocycles. The first-order chi connectivity index (χ1) is 7.35. The molecule has 0 saturated heterocycles. The lowest BCUT2D eigenvalue weighted by atomic mass is 10.0. The molecule has 0 aromatic heterocycles. The van der Waals surface area contributed by atoms with Crippen LogP contribution in [0.3, 0.4) is 0 Å². The van der Waals surface area contributed by atoms with Crippen molar-refractivity contribution in [1.29, 1.82) is 0 Å². The largest absolute Gasteiger partial charge is 0.435 e. The molecule has 2 nitrogen and oxygen atoms in total. The van der Waals surface area contributed by atoms with Crippen LogP contribution in [0.1, 0.15) is 71.6 Å². The molecule has 1 unspecified atom stereocenters. The third-order valence-electron chi connectivity index (χ3n) is 2.82. The first kappa shape index (κ1) is 15.0. The minimum atomic E-state index is -0.120. The average molecular weight is 214 g/mol. The van der Waals surface area contributed by atoms with Crippen LogP contribution in [0, 0.1) is 0 Å². The molecule has 0 saturated carbocycles. The summed E-state index contributed by atoms with van der Waals surface area (Å²) in [6.45, 7) is 4.44. The zero-order valence-electron chi connectivity index (χ0n) is 10.5. The fourth-order valence-electron chi connectivity index (χ4n) is 1.84. The maximum absolute atomic E-state index is 8.77. The normalized spacial score (nSPS) is 12.7. The molecule has 0 amide bonds. The monoisotopic (exact) mass is 214 g/mol. The van der Waals surface area contributed by atoms with E-state index in [1.54, 1.807) is 0 Å². The first-order valence-electron chi connectivity index (χ1n) is 6.57. The van der Waals surface area contributed by atoms with E-state index in [-0.39, 0.29) is 7.69 Å². The lowest BCUT2D eigenvalue weighted by molar-refractivity contribution is 0.157. The van der Waals surface area contributed by atoms with Crippen molar-refractivity contribution in [3.8, 4) is 0 Å². The van der Waals surface area contributed by atoms with Gasteiger partial charge in [-0.1, -0.05) is 58.8 Å². The Morgan fingerprint density at radius 2 is 1.47 bits per heavy atom. The molecule has 0 aliphatic rings. The fraction of sp³-hybridized carbons (Fsp3) is 1.00. The van der Waals surface area contributed by atoms with Crippen LogP contribution >= 0.6 is 0 Å². The highest BCUT2D eigenvalue weighted by Crippen LogP contribution is 2.14. The van der Waals surface area contributed by atoms with Crippen LogP contribution in [-0.2, 0) is 4.65 Å². The van der Waals surface area contributed by atoms with E-state index < -0.39 is 0 Å². The maximum atomic E-state index is 8.77. The van der Waals surface area contributed by atoms with E-state index in [1.807, 2.05) is 0 Å². The van der Waals surface area contributed by atoms with Crippen molar-refractivity contribution in [1.82, 2.24) is 0 Å². The van der Waals surface area contributed by atoms with Gasteiger partial charge in [0.1, 0.15) is 0 Å². The van der Waals surface area contributed by atoms with Crippen LogP contribution in [0.15, 0.2) is 0 Å². The Morgan fingerprint density at radius 3 is 2.00 bits per heavy atom. The summed E-state index contributed by atoms with van der Waals surface area (Å²) >= 11 is 0. The molecule has 1 atom stereocenters. The van der Waals surface area contributed by atoms with Gasteiger partial charge in [0.15, 0.2) is 0 Å². The minimum Gasteiger partial charge on any atom is -0.430 e. The average Bonchev–Trinajstić information content (AvgIpc) is 2.24.